The zero-order valence-corrected chi connectivity index (χ0v) is 12.6. The van der Waals surface area contributed by atoms with E-state index in [1.165, 1.54) is 0 Å². The highest BCUT2D eigenvalue weighted by atomic mass is 19.4. The molecule has 0 radical (unpaired) electrons. The van der Waals surface area contributed by atoms with Crippen molar-refractivity contribution in [2.24, 2.45) is 10.8 Å². The monoisotopic (exact) mass is 500 g/mol. The number of rotatable bonds is 2. The van der Waals surface area contributed by atoms with Crippen molar-refractivity contribution < 1.29 is 87.8 Å². The minimum absolute atomic E-state index is 6.10. The van der Waals surface area contributed by atoms with Crippen LogP contribution >= 0.6 is 0 Å². The maximum absolute atomic E-state index is 13.5. The molecule has 0 aromatic rings. The highest BCUT2D eigenvalue weighted by molar-refractivity contribution is 5.30. The van der Waals surface area contributed by atoms with Crippen LogP contribution in [0.1, 0.15) is 0 Å². The van der Waals surface area contributed by atoms with E-state index < -0.39 is 59.5 Å². The molecule has 0 amide bonds. The van der Waals surface area contributed by atoms with E-state index in [1.807, 2.05) is 0 Å². The third-order valence-corrected chi connectivity index (χ3v) is 3.40. The highest BCUT2D eigenvalue weighted by Gasteiger charge is 2.91. The lowest BCUT2D eigenvalue weighted by molar-refractivity contribution is -0.429. The van der Waals surface area contributed by atoms with Crippen LogP contribution in [-0.2, 0) is 0 Å². The summed E-state index contributed by atoms with van der Waals surface area (Å²) >= 11 is 0. The summed E-state index contributed by atoms with van der Waals surface area (Å²) in [6.45, 7) is 0. The first-order valence-corrected chi connectivity index (χ1v) is 6.03. The van der Waals surface area contributed by atoms with Gasteiger partial charge in [-0.2, -0.15) is 79.0 Å². The van der Waals surface area contributed by atoms with E-state index in [4.69, 9.17) is 0 Å². The summed E-state index contributed by atoms with van der Waals surface area (Å²) in [6, 6.07) is 0. The smallest absolute Gasteiger partial charge is 0.207 e. The molecule has 0 rings (SSSR count). The third-order valence-electron chi connectivity index (χ3n) is 3.40. The van der Waals surface area contributed by atoms with E-state index in [-0.39, 0.29) is 0 Å². The van der Waals surface area contributed by atoms with Gasteiger partial charge in [-0.25, -0.2) is 8.78 Å². The standard InChI is InChI=1S/C10F20/c11-1(3(5(13,14)15,6(16,17)18)7(19,20)21)2(12)4(8(22,23)24,9(25,26)27)10(28,29)30. The number of hydrogen-bond donors (Lipinski definition) is 0. The summed E-state index contributed by atoms with van der Waals surface area (Å²) in [7, 11) is 0. The first-order chi connectivity index (χ1) is 12.6. The van der Waals surface area contributed by atoms with Gasteiger partial charge in [-0.3, -0.25) is 0 Å². The molecule has 0 aromatic carbocycles. The Bertz CT molecular complexity index is 523. The highest BCUT2D eigenvalue weighted by Crippen LogP contribution is 2.69. The zero-order valence-electron chi connectivity index (χ0n) is 12.6. The van der Waals surface area contributed by atoms with Crippen LogP contribution in [0.3, 0.4) is 0 Å². The second-order valence-electron chi connectivity index (χ2n) is 5.11. The molecule has 0 aliphatic rings. The lowest BCUT2D eigenvalue weighted by Crippen LogP contribution is -2.64. The number of hydrogen-bond acceptors (Lipinski definition) is 0. The van der Waals surface area contributed by atoms with Crippen LogP contribution in [0.15, 0.2) is 11.7 Å². The van der Waals surface area contributed by atoms with Gasteiger partial charge in [-0.05, 0) is 0 Å². The second-order valence-corrected chi connectivity index (χ2v) is 5.11. The summed E-state index contributed by atoms with van der Waals surface area (Å²) in [5.74, 6) is -12.2. The largest absolute Gasteiger partial charge is 0.418 e. The van der Waals surface area contributed by atoms with Gasteiger partial charge in [0.2, 0.25) is 0 Å². The quantitative estimate of drug-likeness (QED) is 0.345. The molecule has 30 heavy (non-hydrogen) atoms. The van der Waals surface area contributed by atoms with Gasteiger partial charge < -0.3 is 0 Å². The minimum Gasteiger partial charge on any atom is -0.207 e. The van der Waals surface area contributed by atoms with Crippen molar-refractivity contribution in [2.45, 2.75) is 37.1 Å². The first kappa shape index (κ1) is 28.3. The lowest BCUT2D eigenvalue weighted by atomic mass is 9.76. The van der Waals surface area contributed by atoms with Crippen molar-refractivity contribution >= 4 is 0 Å². The molecule has 0 bridgehead atoms. The van der Waals surface area contributed by atoms with Crippen molar-refractivity contribution in [3.8, 4) is 0 Å². The molecule has 0 aliphatic carbocycles. The summed E-state index contributed by atoms with van der Waals surface area (Å²) < 4.78 is 253. The van der Waals surface area contributed by atoms with Crippen molar-refractivity contribution in [3.63, 3.8) is 0 Å². The Morgan fingerprint density at radius 2 is 0.367 bits per heavy atom. The molecule has 0 aliphatic heterocycles. The zero-order chi connectivity index (χ0) is 25.2. The van der Waals surface area contributed by atoms with Gasteiger partial charge in [0.25, 0.3) is 0 Å². The molecule has 180 valence electrons. The molecule has 0 nitrogen and oxygen atoms in total. The van der Waals surface area contributed by atoms with Crippen LogP contribution in [0.4, 0.5) is 87.8 Å². The topological polar surface area (TPSA) is 0 Å². The fourth-order valence-corrected chi connectivity index (χ4v) is 2.04. The van der Waals surface area contributed by atoms with Crippen LogP contribution in [-0.4, -0.2) is 37.1 Å². The van der Waals surface area contributed by atoms with Gasteiger partial charge in [-0.15, -0.1) is 0 Å². The van der Waals surface area contributed by atoms with Gasteiger partial charge in [0.1, 0.15) is 0 Å². The number of allylic oxidation sites excluding steroid dienone is 2. The Morgan fingerprint density at radius 3 is 0.433 bits per heavy atom. The Hall–Kier alpha value is -1.66. The van der Waals surface area contributed by atoms with E-state index in [9.17, 15) is 87.8 Å². The average Bonchev–Trinajstić information content (AvgIpc) is 2.27. The number of alkyl halides is 18. The molecule has 0 N–H and O–H groups in total. The number of halogens is 20. The molecule has 0 saturated carbocycles. The molecule has 20 heteroatoms. The fourth-order valence-electron chi connectivity index (χ4n) is 2.04. The third kappa shape index (κ3) is 3.62. The first-order valence-electron chi connectivity index (χ1n) is 6.03. The van der Waals surface area contributed by atoms with Crippen LogP contribution in [0.5, 0.6) is 0 Å². The van der Waals surface area contributed by atoms with Crippen LogP contribution in [0.25, 0.3) is 0 Å². The summed E-state index contributed by atoms with van der Waals surface area (Å²) in [6.07, 6.45) is -50.1. The summed E-state index contributed by atoms with van der Waals surface area (Å²) in [5, 5.41) is 0. The Labute approximate surface area is 149 Å². The predicted molar refractivity (Wildman–Crippen MR) is 50.4 cm³/mol. The van der Waals surface area contributed by atoms with Crippen LogP contribution < -0.4 is 0 Å². The molecule has 0 heterocycles. The van der Waals surface area contributed by atoms with Crippen molar-refractivity contribution in [1.29, 1.82) is 0 Å². The molecule has 0 saturated heterocycles. The molecular weight excluding hydrogens is 500 g/mol. The Kier molecular flexibility index (Phi) is 6.54. The van der Waals surface area contributed by atoms with Crippen LogP contribution in [0, 0.1) is 10.8 Å². The maximum Gasteiger partial charge on any atom is 0.418 e. The van der Waals surface area contributed by atoms with E-state index in [0.717, 1.165) is 0 Å². The normalized spacial score (nSPS) is 17.2. The lowest BCUT2D eigenvalue weighted by Gasteiger charge is -2.41. The molecular formula is C10F20. The maximum atomic E-state index is 13.5. The van der Waals surface area contributed by atoms with E-state index in [1.54, 1.807) is 0 Å². The van der Waals surface area contributed by atoms with Gasteiger partial charge in [0, 0.05) is 0 Å². The minimum atomic E-state index is -8.51. The van der Waals surface area contributed by atoms with Crippen LogP contribution in [0.2, 0.25) is 0 Å². The van der Waals surface area contributed by atoms with E-state index in [0.29, 0.717) is 0 Å². The van der Waals surface area contributed by atoms with E-state index in [2.05, 4.69) is 0 Å². The van der Waals surface area contributed by atoms with Gasteiger partial charge in [0.15, 0.2) is 11.7 Å². The molecule has 0 fully saturated rings. The van der Waals surface area contributed by atoms with Gasteiger partial charge in [0.05, 0.1) is 0 Å². The molecule has 0 spiro atoms. The Morgan fingerprint density at radius 1 is 0.267 bits per heavy atom. The van der Waals surface area contributed by atoms with Crippen molar-refractivity contribution in [1.82, 2.24) is 0 Å². The van der Waals surface area contributed by atoms with Crippen molar-refractivity contribution in [2.75, 3.05) is 0 Å². The molecule has 0 atom stereocenters. The molecule has 0 unspecified atom stereocenters. The average molecular weight is 500 g/mol. The van der Waals surface area contributed by atoms with Crippen molar-refractivity contribution in [3.05, 3.63) is 11.7 Å². The van der Waals surface area contributed by atoms with Gasteiger partial charge in [-0.1, -0.05) is 0 Å². The Balaban J connectivity index is 8.11. The summed E-state index contributed by atoms with van der Waals surface area (Å²) in [4.78, 5) is 0. The summed E-state index contributed by atoms with van der Waals surface area (Å²) in [5.41, 5.74) is -17.0. The predicted octanol–water partition coefficient (Wildman–Crippen LogP) is 7.48. The second kappa shape index (κ2) is 6.92. The fraction of sp³-hybridized carbons (Fsp3) is 0.800. The van der Waals surface area contributed by atoms with Gasteiger partial charge >= 0.3 is 47.9 Å². The SMILES string of the molecule is FC(=C(F)C(C(F)(F)F)(C(F)(F)F)C(F)(F)F)C(C(F)(F)F)(C(F)(F)F)C(F)(F)F. The van der Waals surface area contributed by atoms with E-state index >= 15 is 0 Å². The molecule has 0 aromatic heterocycles.